The molecule has 5 N–H and O–H groups in total. The molecule has 13 heteroatoms. The highest BCUT2D eigenvalue weighted by Gasteiger charge is 2.28. The molecule has 0 saturated carbocycles. The van der Waals surface area contributed by atoms with Crippen LogP contribution >= 0.6 is 7.82 Å². The van der Waals surface area contributed by atoms with Crippen molar-refractivity contribution in [2.45, 2.75) is 141 Å². The number of allylic oxidation sites excluding steroid dienone is 21. The molecule has 0 aromatic rings. The van der Waals surface area contributed by atoms with Crippen LogP contribution in [0.25, 0.3) is 0 Å². The van der Waals surface area contributed by atoms with Gasteiger partial charge in [0.25, 0.3) is 0 Å². The van der Waals surface area contributed by atoms with Crippen molar-refractivity contribution in [1.82, 2.24) is 0 Å². The minimum atomic E-state index is -4.81. The second kappa shape index (κ2) is 42.9. The van der Waals surface area contributed by atoms with Crippen molar-refractivity contribution in [3.05, 3.63) is 134 Å². The number of hydrogen-bond acceptors (Lipinski definition) is 10. The molecule has 0 spiro atoms. The van der Waals surface area contributed by atoms with E-state index in [9.17, 15) is 28.9 Å². The molecular formula is C50H76NO11P. The number of esters is 2. The topological polar surface area (TPSA) is 192 Å². The van der Waals surface area contributed by atoms with Crippen LogP contribution < -0.4 is 5.73 Å². The van der Waals surface area contributed by atoms with Gasteiger partial charge < -0.3 is 30.3 Å². The summed E-state index contributed by atoms with van der Waals surface area (Å²) in [6.07, 6.45) is 55.7. The molecule has 0 aliphatic carbocycles. The van der Waals surface area contributed by atoms with Gasteiger partial charge in [0.2, 0.25) is 0 Å². The van der Waals surface area contributed by atoms with Gasteiger partial charge in [0.1, 0.15) is 12.6 Å². The van der Waals surface area contributed by atoms with E-state index >= 15 is 0 Å². The maximum atomic E-state index is 12.6. The fraction of sp³-hybridized carbons (Fsp3) is 0.500. The number of carboxylic acid groups (broad SMARTS) is 1. The van der Waals surface area contributed by atoms with Gasteiger partial charge in [-0.1, -0.05) is 160 Å². The summed E-state index contributed by atoms with van der Waals surface area (Å²) < 4.78 is 32.4. The van der Waals surface area contributed by atoms with Crippen molar-refractivity contribution >= 4 is 25.7 Å². The van der Waals surface area contributed by atoms with E-state index in [2.05, 4.69) is 103 Å². The normalized spacial score (nSPS) is 15.4. The van der Waals surface area contributed by atoms with Crippen LogP contribution in [0, 0.1) is 0 Å². The third kappa shape index (κ3) is 42.6. The van der Waals surface area contributed by atoms with Crippen molar-refractivity contribution in [3.8, 4) is 0 Å². The lowest BCUT2D eigenvalue weighted by Gasteiger charge is -2.20. The van der Waals surface area contributed by atoms with Gasteiger partial charge in [-0.2, -0.15) is 0 Å². The summed E-state index contributed by atoms with van der Waals surface area (Å²) in [5.41, 5.74) is 5.32. The standard InChI is InChI=1S/C50H76NO11P/c1-3-5-7-9-11-13-15-17-19-21-22-23-25-27-29-31-33-35-37-39-48(53)59-42-46(43-60-63(57,58)61-44-47(51)50(55)56)62-49(54)41-40-45(52)38-36-34-32-30-28-26-24-20-18-16-14-12-10-8-6-4-2/h6,8,11-14,17-20,22-23,26-29,32-36,38,45-47,52H,3-5,7,9-10,15-16,21,24-25,30-31,37,39-44,51H2,1-2H3,(H,55,56)(H,57,58)/b8-6-,13-11-,14-12-,19-17-,20-18-,23-22-,28-26-,29-27-,34-32-,35-33-,38-36-/t45?,46-,47+/m1/s1. The number of carbonyl (C=O) groups excluding carboxylic acids is 2. The summed E-state index contributed by atoms with van der Waals surface area (Å²) in [7, 11) is -4.81. The fourth-order valence-corrected chi connectivity index (χ4v) is 5.76. The van der Waals surface area contributed by atoms with Crippen LogP contribution in [0.15, 0.2) is 134 Å². The first kappa shape index (κ1) is 58.6. The average Bonchev–Trinajstić information content (AvgIpc) is 3.26. The molecule has 0 saturated heterocycles. The summed E-state index contributed by atoms with van der Waals surface area (Å²) in [5, 5.41) is 19.2. The molecule has 0 fully saturated rings. The molecule has 63 heavy (non-hydrogen) atoms. The van der Waals surface area contributed by atoms with E-state index in [0.29, 0.717) is 12.8 Å². The minimum absolute atomic E-state index is 0.0233. The van der Waals surface area contributed by atoms with Gasteiger partial charge in [-0.25, -0.2) is 4.57 Å². The van der Waals surface area contributed by atoms with E-state index in [-0.39, 0.29) is 19.3 Å². The molecule has 0 aromatic carbocycles. The highest BCUT2D eigenvalue weighted by atomic mass is 31.2. The first-order valence-corrected chi connectivity index (χ1v) is 23.8. The van der Waals surface area contributed by atoms with Gasteiger partial charge in [-0.15, -0.1) is 0 Å². The number of hydrogen-bond donors (Lipinski definition) is 4. The molecule has 12 nitrogen and oxygen atoms in total. The molecule has 2 unspecified atom stereocenters. The number of ether oxygens (including phenoxy) is 2. The summed E-state index contributed by atoms with van der Waals surface area (Å²) in [6, 6.07) is -1.58. The molecule has 0 aliphatic heterocycles. The van der Waals surface area contributed by atoms with Crippen LogP contribution in [-0.4, -0.2) is 71.1 Å². The Kier molecular flexibility index (Phi) is 39.9. The van der Waals surface area contributed by atoms with E-state index in [1.54, 1.807) is 12.2 Å². The molecule has 0 amide bonds. The number of rotatable bonds is 39. The summed E-state index contributed by atoms with van der Waals surface area (Å²) in [6.45, 7) is 2.31. The number of phosphoric acid groups is 1. The van der Waals surface area contributed by atoms with Gasteiger partial charge in [0, 0.05) is 12.8 Å². The smallest absolute Gasteiger partial charge is 0.472 e. The summed E-state index contributed by atoms with van der Waals surface area (Å²) in [4.78, 5) is 46.0. The van der Waals surface area contributed by atoms with Crippen molar-refractivity contribution in [2.24, 2.45) is 5.73 Å². The van der Waals surface area contributed by atoms with Crippen molar-refractivity contribution in [2.75, 3.05) is 19.8 Å². The van der Waals surface area contributed by atoms with E-state index in [4.69, 9.17) is 24.8 Å². The number of phosphoric ester groups is 1. The number of carbonyl (C=O) groups is 3. The zero-order chi connectivity index (χ0) is 46.5. The maximum Gasteiger partial charge on any atom is 0.472 e. The van der Waals surface area contributed by atoms with E-state index in [1.807, 2.05) is 30.4 Å². The summed E-state index contributed by atoms with van der Waals surface area (Å²) >= 11 is 0. The Hall–Kier alpha value is -4.42. The second-order valence-corrected chi connectivity index (χ2v) is 15.7. The molecule has 0 radical (unpaired) electrons. The molecule has 352 valence electrons. The molecule has 0 heterocycles. The third-order valence-corrected chi connectivity index (χ3v) is 9.46. The van der Waals surface area contributed by atoms with Crippen LogP contribution in [-0.2, 0) is 37.5 Å². The lowest BCUT2D eigenvalue weighted by atomic mass is 10.2. The Bertz CT molecular complexity index is 1590. The Morgan fingerprint density at radius 3 is 1.57 bits per heavy atom. The highest BCUT2D eigenvalue weighted by molar-refractivity contribution is 7.47. The van der Waals surface area contributed by atoms with Crippen molar-refractivity contribution in [3.63, 3.8) is 0 Å². The van der Waals surface area contributed by atoms with Gasteiger partial charge in [-0.3, -0.25) is 23.4 Å². The molecule has 4 atom stereocenters. The summed E-state index contributed by atoms with van der Waals surface area (Å²) in [5.74, 6) is -2.82. The van der Waals surface area contributed by atoms with Gasteiger partial charge >= 0.3 is 25.7 Å². The number of unbranched alkanes of at least 4 members (excludes halogenated alkanes) is 3. The number of aliphatic carboxylic acids is 1. The minimum Gasteiger partial charge on any atom is -0.480 e. The van der Waals surface area contributed by atoms with Crippen LogP contribution in [0.5, 0.6) is 0 Å². The predicted octanol–water partition coefficient (Wildman–Crippen LogP) is 11.1. The van der Waals surface area contributed by atoms with E-state index in [1.165, 1.54) is 25.3 Å². The molecule has 0 aromatic heterocycles. The maximum absolute atomic E-state index is 12.6. The largest absolute Gasteiger partial charge is 0.480 e. The SMILES string of the molecule is CC/C=C\C/C=C\C/C=C\C/C=C\C/C=C\C=C/C(O)CCC(=O)O[C@H](COC(=O)CC/C=C\C/C=C\C/C=C\C/C=C\C/C=C\CCCCC)COP(=O)(O)OC[C@H](N)C(=O)O. The zero-order valence-corrected chi connectivity index (χ0v) is 38.6. The Labute approximate surface area is 377 Å². The number of nitrogens with two attached hydrogens (primary N) is 1. The fourth-order valence-electron chi connectivity index (χ4n) is 4.98. The van der Waals surface area contributed by atoms with Crippen molar-refractivity contribution in [1.29, 1.82) is 0 Å². The number of carboxylic acids is 1. The van der Waals surface area contributed by atoms with Crippen LogP contribution in [0.2, 0.25) is 0 Å². The average molecular weight is 898 g/mol. The van der Waals surface area contributed by atoms with Gasteiger partial charge in [0.15, 0.2) is 6.10 Å². The molecular weight excluding hydrogens is 822 g/mol. The van der Waals surface area contributed by atoms with Crippen LogP contribution in [0.3, 0.4) is 0 Å². The first-order chi connectivity index (χ1) is 30.5. The highest BCUT2D eigenvalue weighted by Crippen LogP contribution is 2.43. The zero-order valence-electron chi connectivity index (χ0n) is 37.7. The van der Waals surface area contributed by atoms with Crippen LogP contribution in [0.4, 0.5) is 0 Å². The number of aliphatic hydroxyl groups is 1. The second-order valence-electron chi connectivity index (χ2n) is 14.3. The first-order valence-electron chi connectivity index (χ1n) is 22.3. The number of aliphatic hydroxyl groups excluding tert-OH is 1. The predicted molar refractivity (Wildman–Crippen MR) is 255 cm³/mol. The van der Waals surface area contributed by atoms with E-state index < -0.39 is 63.8 Å². The van der Waals surface area contributed by atoms with Crippen molar-refractivity contribution < 1.29 is 52.6 Å². The monoisotopic (exact) mass is 898 g/mol. The van der Waals surface area contributed by atoms with Gasteiger partial charge in [0.05, 0.1) is 19.3 Å². The molecule has 0 bridgehead atoms. The van der Waals surface area contributed by atoms with E-state index in [0.717, 1.165) is 57.8 Å². The quantitative estimate of drug-likeness (QED) is 0.0150. The van der Waals surface area contributed by atoms with Crippen LogP contribution in [0.1, 0.15) is 123 Å². The Morgan fingerprint density at radius 2 is 1.06 bits per heavy atom. The Morgan fingerprint density at radius 1 is 0.587 bits per heavy atom. The lowest BCUT2D eigenvalue weighted by Crippen LogP contribution is -2.34. The molecule has 0 rings (SSSR count). The lowest BCUT2D eigenvalue weighted by molar-refractivity contribution is -0.161. The third-order valence-electron chi connectivity index (χ3n) is 8.51. The molecule has 0 aliphatic rings. The van der Waals surface area contributed by atoms with Gasteiger partial charge in [-0.05, 0) is 83.5 Å². The Balaban J connectivity index is 4.73.